The largest absolute Gasteiger partial charge is 0.497 e. The summed E-state index contributed by atoms with van der Waals surface area (Å²) in [5, 5.41) is 3.43. The van der Waals surface area contributed by atoms with E-state index in [1.54, 1.807) is 47.2 Å². The van der Waals surface area contributed by atoms with Crippen LogP contribution < -0.4 is 9.64 Å². The molecule has 8 heteroatoms. The van der Waals surface area contributed by atoms with E-state index in [0.29, 0.717) is 23.9 Å². The van der Waals surface area contributed by atoms with Gasteiger partial charge >= 0.3 is 0 Å². The molecule has 0 aliphatic heterocycles. The number of rotatable bonds is 7. The Labute approximate surface area is 195 Å². The molecule has 1 saturated carbocycles. The van der Waals surface area contributed by atoms with Crippen LogP contribution in [0.1, 0.15) is 34.6 Å². The summed E-state index contributed by atoms with van der Waals surface area (Å²) in [6.07, 6.45) is 5.78. The minimum absolute atomic E-state index is 0.0212. The SMILES string of the molecule is COc1ccc2c(c1)c(CC(=O)N(CC1CC1)c1nccs1)c(C)n2C(=O)c1ccccn1. The van der Waals surface area contributed by atoms with Crippen LogP contribution in [0, 0.1) is 12.8 Å². The first kappa shape index (κ1) is 21.3. The van der Waals surface area contributed by atoms with E-state index in [2.05, 4.69) is 9.97 Å². The van der Waals surface area contributed by atoms with Gasteiger partial charge in [0.15, 0.2) is 5.13 Å². The Kier molecular flexibility index (Phi) is 5.68. The summed E-state index contributed by atoms with van der Waals surface area (Å²) in [7, 11) is 1.61. The van der Waals surface area contributed by atoms with E-state index in [1.807, 2.05) is 30.5 Å². The van der Waals surface area contributed by atoms with Crippen LogP contribution in [0.2, 0.25) is 0 Å². The fraction of sp³-hybridized carbons (Fsp3) is 0.280. The van der Waals surface area contributed by atoms with Crippen molar-refractivity contribution in [3.63, 3.8) is 0 Å². The minimum Gasteiger partial charge on any atom is -0.497 e. The highest BCUT2D eigenvalue weighted by atomic mass is 32.1. The molecule has 3 aromatic heterocycles. The molecule has 0 spiro atoms. The lowest BCUT2D eigenvalue weighted by molar-refractivity contribution is -0.118. The third-order valence-corrected chi connectivity index (χ3v) is 6.84. The zero-order valence-electron chi connectivity index (χ0n) is 18.5. The number of fused-ring (bicyclic) bond motifs is 1. The smallest absolute Gasteiger partial charge is 0.281 e. The van der Waals surface area contributed by atoms with E-state index in [0.717, 1.165) is 40.1 Å². The zero-order valence-corrected chi connectivity index (χ0v) is 19.3. The molecule has 1 aromatic carbocycles. The van der Waals surface area contributed by atoms with Gasteiger partial charge < -0.3 is 4.74 Å². The summed E-state index contributed by atoms with van der Waals surface area (Å²) in [6.45, 7) is 2.56. The van der Waals surface area contributed by atoms with Gasteiger partial charge in [0.05, 0.1) is 19.0 Å². The van der Waals surface area contributed by atoms with E-state index in [1.165, 1.54) is 11.3 Å². The number of methoxy groups -OCH3 is 1. The van der Waals surface area contributed by atoms with Crippen molar-refractivity contribution in [3.8, 4) is 5.75 Å². The summed E-state index contributed by atoms with van der Waals surface area (Å²) >= 11 is 1.47. The van der Waals surface area contributed by atoms with Crippen molar-refractivity contribution >= 4 is 39.2 Å². The molecule has 0 atom stereocenters. The third kappa shape index (κ3) is 4.14. The monoisotopic (exact) mass is 460 g/mol. The van der Waals surface area contributed by atoms with Crippen molar-refractivity contribution in [2.75, 3.05) is 18.6 Å². The average molecular weight is 461 g/mol. The van der Waals surface area contributed by atoms with E-state index in [-0.39, 0.29) is 18.2 Å². The predicted octanol–water partition coefficient (Wildman–Crippen LogP) is 4.48. The maximum absolute atomic E-state index is 13.5. The molecule has 1 fully saturated rings. The van der Waals surface area contributed by atoms with Crippen LogP contribution in [-0.2, 0) is 11.2 Å². The first-order chi connectivity index (χ1) is 16.1. The normalized spacial score (nSPS) is 13.3. The molecule has 0 N–H and O–H groups in total. The number of carbonyl (C=O) groups excluding carboxylic acids is 2. The van der Waals surface area contributed by atoms with Crippen LogP contribution in [0.5, 0.6) is 5.75 Å². The molecule has 0 radical (unpaired) electrons. The number of hydrogen-bond donors (Lipinski definition) is 0. The molecule has 1 amide bonds. The van der Waals surface area contributed by atoms with Gasteiger partial charge in [-0.3, -0.25) is 24.0 Å². The lowest BCUT2D eigenvalue weighted by Gasteiger charge is -2.20. The molecule has 7 nitrogen and oxygen atoms in total. The number of hydrogen-bond acceptors (Lipinski definition) is 6. The molecule has 1 aliphatic rings. The second-order valence-corrected chi connectivity index (χ2v) is 9.11. The highest BCUT2D eigenvalue weighted by Gasteiger charge is 2.30. The van der Waals surface area contributed by atoms with Crippen molar-refractivity contribution in [2.45, 2.75) is 26.2 Å². The zero-order chi connectivity index (χ0) is 22.9. The Hall–Kier alpha value is -3.52. The van der Waals surface area contributed by atoms with E-state index < -0.39 is 0 Å². The Bertz CT molecular complexity index is 1310. The van der Waals surface area contributed by atoms with Crippen molar-refractivity contribution in [1.82, 2.24) is 14.5 Å². The highest BCUT2D eigenvalue weighted by Crippen LogP contribution is 2.34. The molecular formula is C25H24N4O3S. The topological polar surface area (TPSA) is 77.3 Å². The first-order valence-corrected chi connectivity index (χ1v) is 11.8. The van der Waals surface area contributed by atoms with Crippen LogP contribution >= 0.6 is 11.3 Å². The Balaban J connectivity index is 1.57. The van der Waals surface area contributed by atoms with Gasteiger partial charge in [-0.05, 0) is 61.6 Å². The summed E-state index contributed by atoms with van der Waals surface area (Å²) in [5.41, 5.74) is 2.63. The van der Waals surface area contributed by atoms with Gasteiger partial charge in [0.1, 0.15) is 11.4 Å². The van der Waals surface area contributed by atoms with Crippen LogP contribution in [0.25, 0.3) is 10.9 Å². The first-order valence-electron chi connectivity index (χ1n) is 10.9. The Morgan fingerprint density at radius 2 is 2.03 bits per heavy atom. The molecule has 5 rings (SSSR count). The molecule has 3 heterocycles. The van der Waals surface area contributed by atoms with Gasteiger partial charge in [0, 0.05) is 35.4 Å². The van der Waals surface area contributed by atoms with Gasteiger partial charge in [0.2, 0.25) is 5.91 Å². The number of amides is 1. The number of nitrogens with zero attached hydrogens (tertiary/aromatic N) is 4. The number of aromatic nitrogens is 3. The fourth-order valence-electron chi connectivity index (χ4n) is 4.12. The fourth-order valence-corrected chi connectivity index (χ4v) is 4.79. The van der Waals surface area contributed by atoms with Crippen LogP contribution in [-0.4, -0.2) is 40.0 Å². The standard InChI is InChI=1S/C25H24N4O3S/c1-16-19(14-23(30)28(15-17-6-7-17)25-27-11-12-33-25)20-13-18(32-2)8-9-22(20)29(16)24(31)21-5-3-4-10-26-21/h3-5,8-13,17H,6-7,14-15H2,1-2H3. The summed E-state index contributed by atoms with van der Waals surface area (Å²) in [5.74, 6) is 0.961. The van der Waals surface area contributed by atoms with Crippen LogP contribution in [0.3, 0.4) is 0 Å². The van der Waals surface area contributed by atoms with Crippen molar-refractivity contribution in [3.05, 3.63) is 71.1 Å². The molecule has 4 aromatic rings. The molecular weight excluding hydrogens is 436 g/mol. The molecule has 0 bridgehead atoms. The van der Waals surface area contributed by atoms with Crippen molar-refractivity contribution in [1.29, 1.82) is 0 Å². The number of ether oxygens (including phenoxy) is 1. The molecule has 168 valence electrons. The van der Waals surface area contributed by atoms with Gasteiger partial charge in [-0.2, -0.15) is 0 Å². The number of thiazole rings is 1. The van der Waals surface area contributed by atoms with Gasteiger partial charge in [0.25, 0.3) is 5.91 Å². The Morgan fingerprint density at radius 3 is 2.70 bits per heavy atom. The number of anilines is 1. The number of benzene rings is 1. The lowest BCUT2D eigenvalue weighted by Crippen LogP contribution is -2.34. The molecule has 0 unspecified atom stereocenters. The summed E-state index contributed by atoms with van der Waals surface area (Å²) in [6, 6.07) is 10.8. The van der Waals surface area contributed by atoms with Gasteiger partial charge in [-0.15, -0.1) is 11.3 Å². The van der Waals surface area contributed by atoms with Crippen LogP contribution in [0.4, 0.5) is 5.13 Å². The van der Waals surface area contributed by atoms with Gasteiger partial charge in [-0.25, -0.2) is 4.98 Å². The highest BCUT2D eigenvalue weighted by molar-refractivity contribution is 7.13. The Morgan fingerprint density at radius 1 is 1.18 bits per heavy atom. The third-order valence-electron chi connectivity index (χ3n) is 6.05. The second-order valence-electron chi connectivity index (χ2n) is 8.24. The number of pyridine rings is 1. The van der Waals surface area contributed by atoms with E-state index >= 15 is 0 Å². The summed E-state index contributed by atoms with van der Waals surface area (Å²) in [4.78, 5) is 37.3. The molecule has 0 saturated heterocycles. The van der Waals surface area contributed by atoms with Crippen LogP contribution in [0.15, 0.2) is 54.2 Å². The molecule has 33 heavy (non-hydrogen) atoms. The van der Waals surface area contributed by atoms with Crippen molar-refractivity contribution < 1.29 is 14.3 Å². The van der Waals surface area contributed by atoms with E-state index in [9.17, 15) is 9.59 Å². The predicted molar refractivity (Wildman–Crippen MR) is 128 cm³/mol. The summed E-state index contributed by atoms with van der Waals surface area (Å²) < 4.78 is 7.08. The van der Waals surface area contributed by atoms with Gasteiger partial charge in [-0.1, -0.05) is 6.07 Å². The quantitative estimate of drug-likeness (QED) is 0.406. The van der Waals surface area contributed by atoms with Crippen molar-refractivity contribution in [2.24, 2.45) is 5.92 Å². The average Bonchev–Trinajstić information content (AvgIpc) is 3.42. The lowest BCUT2D eigenvalue weighted by atomic mass is 10.1. The minimum atomic E-state index is -0.225. The second kappa shape index (κ2) is 8.78. The molecule has 1 aliphatic carbocycles. The maximum atomic E-state index is 13.5. The number of carbonyl (C=O) groups is 2. The maximum Gasteiger partial charge on any atom is 0.281 e. The van der Waals surface area contributed by atoms with E-state index in [4.69, 9.17) is 4.74 Å².